The van der Waals surface area contributed by atoms with Crippen LogP contribution in [0.4, 0.5) is 0 Å². The molecule has 0 aliphatic rings. The Morgan fingerprint density at radius 3 is 2.84 bits per heavy atom. The zero-order valence-corrected chi connectivity index (χ0v) is 11.9. The van der Waals surface area contributed by atoms with Crippen LogP contribution < -0.4 is 5.32 Å². The third-order valence-corrected chi connectivity index (χ3v) is 3.13. The Kier molecular flexibility index (Phi) is 4.74. The smallest absolute Gasteiger partial charge is 0.138 e. The lowest BCUT2D eigenvalue weighted by Crippen LogP contribution is -2.25. The summed E-state index contributed by atoms with van der Waals surface area (Å²) in [5.41, 5.74) is 0. The van der Waals surface area contributed by atoms with E-state index in [2.05, 4.69) is 29.2 Å². The zero-order valence-electron chi connectivity index (χ0n) is 11.9. The molecule has 2 heterocycles. The summed E-state index contributed by atoms with van der Waals surface area (Å²) in [7, 11) is 0. The van der Waals surface area contributed by atoms with E-state index < -0.39 is 0 Å². The minimum Gasteiger partial charge on any atom is -0.465 e. The monoisotopic (exact) mass is 262 g/mol. The molecule has 0 saturated carbocycles. The standard InChI is InChI=1S/C14H22N4O/c1-4-8-15-12(13-7-6-11(3)19-13)9-14-16-10-17-18(14)5-2/h6-7,10,12,15H,4-5,8-9H2,1-3H3. The van der Waals surface area contributed by atoms with Gasteiger partial charge in [0.1, 0.15) is 23.7 Å². The van der Waals surface area contributed by atoms with Gasteiger partial charge in [-0.3, -0.25) is 4.68 Å². The highest BCUT2D eigenvalue weighted by molar-refractivity contribution is 5.11. The van der Waals surface area contributed by atoms with E-state index in [4.69, 9.17) is 4.42 Å². The summed E-state index contributed by atoms with van der Waals surface area (Å²) in [6.45, 7) is 8.00. The molecule has 0 radical (unpaired) electrons. The molecule has 2 aromatic heterocycles. The topological polar surface area (TPSA) is 55.9 Å². The molecule has 5 heteroatoms. The number of aryl methyl sites for hydroxylation is 2. The second-order valence-corrected chi connectivity index (χ2v) is 4.65. The molecule has 19 heavy (non-hydrogen) atoms. The summed E-state index contributed by atoms with van der Waals surface area (Å²) in [6.07, 6.45) is 3.50. The van der Waals surface area contributed by atoms with Gasteiger partial charge in [-0.25, -0.2) is 4.98 Å². The van der Waals surface area contributed by atoms with Crippen LogP contribution in [0.3, 0.4) is 0 Å². The van der Waals surface area contributed by atoms with Gasteiger partial charge in [0.25, 0.3) is 0 Å². The molecular weight excluding hydrogens is 240 g/mol. The molecule has 0 saturated heterocycles. The zero-order chi connectivity index (χ0) is 13.7. The van der Waals surface area contributed by atoms with Crippen LogP contribution in [0.5, 0.6) is 0 Å². The van der Waals surface area contributed by atoms with Crippen molar-refractivity contribution in [3.05, 3.63) is 35.8 Å². The highest BCUT2D eigenvalue weighted by Crippen LogP contribution is 2.20. The quantitative estimate of drug-likeness (QED) is 0.833. The second kappa shape index (κ2) is 6.52. The largest absolute Gasteiger partial charge is 0.465 e. The van der Waals surface area contributed by atoms with Gasteiger partial charge >= 0.3 is 0 Å². The Bertz CT molecular complexity index is 503. The fourth-order valence-corrected chi connectivity index (χ4v) is 2.13. The van der Waals surface area contributed by atoms with Crippen LogP contribution >= 0.6 is 0 Å². The highest BCUT2D eigenvalue weighted by Gasteiger charge is 2.18. The maximum absolute atomic E-state index is 5.75. The lowest BCUT2D eigenvalue weighted by Gasteiger charge is -2.16. The second-order valence-electron chi connectivity index (χ2n) is 4.65. The third kappa shape index (κ3) is 3.44. The number of furan rings is 1. The van der Waals surface area contributed by atoms with Crippen LogP contribution in [0.15, 0.2) is 22.9 Å². The summed E-state index contributed by atoms with van der Waals surface area (Å²) in [6, 6.07) is 4.19. The van der Waals surface area contributed by atoms with Crippen molar-refractivity contribution in [2.75, 3.05) is 6.54 Å². The van der Waals surface area contributed by atoms with E-state index in [0.717, 1.165) is 43.3 Å². The van der Waals surface area contributed by atoms with Gasteiger partial charge in [0.15, 0.2) is 0 Å². The predicted molar refractivity (Wildman–Crippen MR) is 73.9 cm³/mol. The number of aromatic nitrogens is 3. The van der Waals surface area contributed by atoms with E-state index in [1.54, 1.807) is 6.33 Å². The average Bonchev–Trinajstić information content (AvgIpc) is 3.02. The van der Waals surface area contributed by atoms with Crippen LogP contribution in [0.25, 0.3) is 0 Å². The van der Waals surface area contributed by atoms with Crippen molar-refractivity contribution in [1.29, 1.82) is 0 Å². The average molecular weight is 262 g/mol. The molecule has 0 fully saturated rings. The van der Waals surface area contributed by atoms with E-state index in [-0.39, 0.29) is 6.04 Å². The fourth-order valence-electron chi connectivity index (χ4n) is 2.13. The minimum atomic E-state index is 0.156. The Morgan fingerprint density at radius 2 is 2.21 bits per heavy atom. The summed E-state index contributed by atoms with van der Waals surface area (Å²) < 4.78 is 7.67. The molecular formula is C14H22N4O. The number of hydrogen-bond donors (Lipinski definition) is 1. The van der Waals surface area contributed by atoms with Crippen molar-refractivity contribution in [2.45, 2.75) is 46.2 Å². The van der Waals surface area contributed by atoms with Crippen molar-refractivity contribution in [2.24, 2.45) is 0 Å². The lowest BCUT2D eigenvalue weighted by atomic mass is 10.1. The summed E-state index contributed by atoms with van der Waals surface area (Å²) in [5, 5.41) is 7.73. The first kappa shape index (κ1) is 13.8. The summed E-state index contributed by atoms with van der Waals surface area (Å²) >= 11 is 0. The van der Waals surface area contributed by atoms with E-state index in [1.807, 2.05) is 23.7 Å². The number of rotatable bonds is 7. The molecule has 104 valence electrons. The maximum atomic E-state index is 5.75. The summed E-state index contributed by atoms with van der Waals surface area (Å²) in [4.78, 5) is 4.34. The Hall–Kier alpha value is -1.62. The van der Waals surface area contributed by atoms with Gasteiger partial charge in [-0.2, -0.15) is 5.10 Å². The van der Waals surface area contributed by atoms with Crippen molar-refractivity contribution in [1.82, 2.24) is 20.1 Å². The SMILES string of the molecule is CCCNC(Cc1ncnn1CC)c1ccc(C)o1. The molecule has 0 spiro atoms. The molecule has 0 aliphatic heterocycles. The van der Waals surface area contributed by atoms with Crippen molar-refractivity contribution in [3.8, 4) is 0 Å². The minimum absolute atomic E-state index is 0.156. The predicted octanol–water partition coefficient (Wildman–Crippen LogP) is 2.48. The van der Waals surface area contributed by atoms with E-state index in [9.17, 15) is 0 Å². The van der Waals surface area contributed by atoms with Gasteiger partial charge in [0.2, 0.25) is 0 Å². The van der Waals surface area contributed by atoms with Crippen molar-refractivity contribution >= 4 is 0 Å². The van der Waals surface area contributed by atoms with Crippen molar-refractivity contribution in [3.63, 3.8) is 0 Å². The fraction of sp³-hybridized carbons (Fsp3) is 0.571. The lowest BCUT2D eigenvalue weighted by molar-refractivity contribution is 0.389. The van der Waals surface area contributed by atoms with Gasteiger partial charge in [0, 0.05) is 13.0 Å². The molecule has 0 aromatic carbocycles. The molecule has 1 atom stereocenters. The highest BCUT2D eigenvalue weighted by atomic mass is 16.3. The molecule has 1 unspecified atom stereocenters. The first-order chi connectivity index (χ1) is 9.24. The van der Waals surface area contributed by atoms with Gasteiger partial charge in [-0.1, -0.05) is 6.92 Å². The van der Waals surface area contributed by atoms with Gasteiger partial charge < -0.3 is 9.73 Å². The van der Waals surface area contributed by atoms with Crippen LogP contribution in [-0.2, 0) is 13.0 Å². The Labute approximate surface area is 114 Å². The van der Waals surface area contributed by atoms with E-state index in [0.29, 0.717) is 0 Å². The normalized spacial score (nSPS) is 12.8. The molecule has 0 amide bonds. The molecule has 0 bridgehead atoms. The van der Waals surface area contributed by atoms with Crippen LogP contribution in [0.1, 0.15) is 43.7 Å². The van der Waals surface area contributed by atoms with Crippen LogP contribution in [0, 0.1) is 6.92 Å². The number of hydrogen-bond acceptors (Lipinski definition) is 4. The molecule has 2 rings (SSSR count). The molecule has 0 aliphatic carbocycles. The molecule has 2 aromatic rings. The first-order valence-corrected chi connectivity index (χ1v) is 6.91. The van der Waals surface area contributed by atoms with Crippen molar-refractivity contribution < 1.29 is 4.42 Å². The van der Waals surface area contributed by atoms with Gasteiger partial charge in [0.05, 0.1) is 6.04 Å². The maximum Gasteiger partial charge on any atom is 0.138 e. The van der Waals surface area contributed by atoms with Crippen LogP contribution in [0.2, 0.25) is 0 Å². The molecule has 5 nitrogen and oxygen atoms in total. The molecule has 1 N–H and O–H groups in total. The first-order valence-electron chi connectivity index (χ1n) is 6.91. The third-order valence-electron chi connectivity index (χ3n) is 3.13. The summed E-state index contributed by atoms with van der Waals surface area (Å²) in [5.74, 6) is 2.90. The van der Waals surface area contributed by atoms with Gasteiger partial charge in [-0.05, 0) is 38.9 Å². The van der Waals surface area contributed by atoms with Crippen LogP contribution in [-0.4, -0.2) is 21.3 Å². The Balaban J connectivity index is 2.14. The van der Waals surface area contributed by atoms with Gasteiger partial charge in [-0.15, -0.1) is 0 Å². The number of nitrogens with one attached hydrogen (secondary N) is 1. The Morgan fingerprint density at radius 1 is 1.37 bits per heavy atom. The van der Waals surface area contributed by atoms with E-state index in [1.165, 1.54) is 0 Å². The number of nitrogens with zero attached hydrogens (tertiary/aromatic N) is 3. The van der Waals surface area contributed by atoms with E-state index >= 15 is 0 Å².